The van der Waals surface area contributed by atoms with E-state index in [-0.39, 0.29) is 17.7 Å². The minimum absolute atomic E-state index is 0.0548. The highest BCUT2D eigenvalue weighted by Gasteiger charge is 2.19. The summed E-state index contributed by atoms with van der Waals surface area (Å²) in [4.78, 5) is 39.2. The lowest BCUT2D eigenvalue weighted by Gasteiger charge is -2.21. The maximum Gasteiger partial charge on any atom is 0.251 e. The van der Waals surface area contributed by atoms with Gasteiger partial charge in [-0.25, -0.2) is 0 Å². The molecule has 2 rings (SSSR count). The lowest BCUT2D eigenvalue weighted by molar-refractivity contribution is -0.132. The van der Waals surface area contributed by atoms with Crippen molar-refractivity contribution < 1.29 is 14.4 Å². The molecule has 1 aliphatic rings. The minimum atomic E-state index is -0.170. The van der Waals surface area contributed by atoms with Crippen LogP contribution in [0.15, 0.2) is 24.3 Å². The van der Waals surface area contributed by atoms with Crippen molar-refractivity contribution in [2.45, 2.75) is 26.2 Å². The number of halogens is 1. The van der Waals surface area contributed by atoms with Gasteiger partial charge in [0.25, 0.3) is 5.91 Å². The molecular weight excluding hydrogens is 342 g/mol. The second kappa shape index (κ2) is 9.42. The fourth-order valence-electron chi connectivity index (χ4n) is 2.78. The third-order valence-electron chi connectivity index (χ3n) is 4.25. The molecule has 0 aromatic heterocycles. The number of hydrogen-bond acceptors (Lipinski definition) is 3. The molecule has 1 fully saturated rings. The fourth-order valence-corrected chi connectivity index (χ4v) is 2.91. The van der Waals surface area contributed by atoms with Crippen LogP contribution in [-0.2, 0) is 9.59 Å². The second-order valence-corrected chi connectivity index (χ2v) is 6.54. The van der Waals surface area contributed by atoms with Crippen LogP contribution in [-0.4, -0.2) is 60.2 Å². The highest BCUT2D eigenvalue weighted by atomic mass is 35.5. The van der Waals surface area contributed by atoms with Gasteiger partial charge in [-0.1, -0.05) is 11.6 Å². The minimum Gasteiger partial charge on any atom is -0.352 e. The summed E-state index contributed by atoms with van der Waals surface area (Å²) < 4.78 is 0. The first-order chi connectivity index (χ1) is 12.0. The van der Waals surface area contributed by atoms with Crippen LogP contribution in [0.4, 0.5) is 0 Å². The molecule has 1 N–H and O–H groups in total. The zero-order valence-electron chi connectivity index (χ0n) is 14.5. The van der Waals surface area contributed by atoms with Gasteiger partial charge in [0, 0.05) is 56.7 Å². The first-order valence-corrected chi connectivity index (χ1v) is 8.92. The summed E-state index contributed by atoms with van der Waals surface area (Å²) in [7, 11) is 0. The molecule has 1 aliphatic heterocycles. The third kappa shape index (κ3) is 6.05. The van der Waals surface area contributed by atoms with E-state index >= 15 is 0 Å². The molecule has 136 valence electrons. The van der Waals surface area contributed by atoms with Gasteiger partial charge in [0.05, 0.1) is 0 Å². The Labute approximate surface area is 153 Å². The summed E-state index contributed by atoms with van der Waals surface area (Å²) in [5.41, 5.74) is 0.549. The number of benzene rings is 1. The van der Waals surface area contributed by atoms with Gasteiger partial charge in [-0.3, -0.25) is 14.4 Å². The summed E-state index contributed by atoms with van der Waals surface area (Å²) in [6.07, 6.45) is 1.78. The van der Waals surface area contributed by atoms with E-state index in [0.717, 1.165) is 6.42 Å². The summed E-state index contributed by atoms with van der Waals surface area (Å²) in [5.74, 6) is -0.0404. The molecule has 0 unspecified atom stereocenters. The van der Waals surface area contributed by atoms with Gasteiger partial charge in [0.2, 0.25) is 11.8 Å². The number of hydrogen-bond donors (Lipinski definition) is 1. The van der Waals surface area contributed by atoms with Gasteiger partial charge in [0.15, 0.2) is 0 Å². The van der Waals surface area contributed by atoms with Crippen molar-refractivity contribution in [2.75, 3.05) is 32.7 Å². The standard InChI is InChI=1S/C18H24ClN3O3/c1-14(23)21-10-3-11-22(13-12-21)17(24)4-2-9-20-18(25)15-5-7-16(19)8-6-15/h5-8H,2-4,9-13H2,1H3,(H,20,25). The van der Waals surface area contributed by atoms with Crippen LogP contribution in [0.1, 0.15) is 36.5 Å². The maximum atomic E-state index is 12.3. The molecular formula is C18H24ClN3O3. The van der Waals surface area contributed by atoms with Crippen molar-refractivity contribution in [2.24, 2.45) is 0 Å². The molecule has 0 spiro atoms. The molecule has 25 heavy (non-hydrogen) atoms. The van der Waals surface area contributed by atoms with E-state index in [9.17, 15) is 14.4 Å². The normalized spacial score (nSPS) is 14.8. The SMILES string of the molecule is CC(=O)N1CCCN(C(=O)CCCNC(=O)c2ccc(Cl)cc2)CC1. The average Bonchev–Trinajstić information content (AvgIpc) is 2.85. The number of carbonyl (C=O) groups excluding carboxylic acids is 3. The van der Waals surface area contributed by atoms with Gasteiger partial charge in [-0.2, -0.15) is 0 Å². The summed E-state index contributed by atoms with van der Waals surface area (Å²) in [6.45, 7) is 4.56. The van der Waals surface area contributed by atoms with Gasteiger partial charge in [0.1, 0.15) is 0 Å². The van der Waals surface area contributed by atoms with Crippen LogP contribution in [0.3, 0.4) is 0 Å². The summed E-state index contributed by atoms with van der Waals surface area (Å²) >= 11 is 5.79. The third-order valence-corrected chi connectivity index (χ3v) is 4.51. The summed E-state index contributed by atoms with van der Waals surface area (Å²) in [6, 6.07) is 6.68. The van der Waals surface area contributed by atoms with Crippen LogP contribution in [0.2, 0.25) is 5.02 Å². The van der Waals surface area contributed by atoms with E-state index in [2.05, 4.69) is 5.32 Å². The molecule has 6 nitrogen and oxygen atoms in total. The zero-order valence-corrected chi connectivity index (χ0v) is 15.2. The Bertz CT molecular complexity index is 618. The lowest BCUT2D eigenvalue weighted by atomic mass is 10.2. The Morgan fingerprint density at radius 3 is 2.36 bits per heavy atom. The number of rotatable bonds is 5. The van der Waals surface area contributed by atoms with E-state index in [1.54, 1.807) is 36.1 Å². The second-order valence-electron chi connectivity index (χ2n) is 6.11. The molecule has 1 aromatic rings. The van der Waals surface area contributed by atoms with Crippen LogP contribution in [0.25, 0.3) is 0 Å². The quantitative estimate of drug-likeness (QED) is 0.810. The molecule has 3 amide bonds. The van der Waals surface area contributed by atoms with E-state index in [1.165, 1.54) is 0 Å². The molecule has 0 aliphatic carbocycles. The van der Waals surface area contributed by atoms with Gasteiger partial charge in [-0.05, 0) is 37.1 Å². The first kappa shape index (κ1) is 19.2. The predicted octanol–water partition coefficient (Wildman–Crippen LogP) is 1.93. The van der Waals surface area contributed by atoms with Gasteiger partial charge < -0.3 is 15.1 Å². The predicted molar refractivity (Wildman–Crippen MR) is 96.5 cm³/mol. The van der Waals surface area contributed by atoms with Crippen molar-refractivity contribution in [1.82, 2.24) is 15.1 Å². The molecule has 0 radical (unpaired) electrons. The number of nitrogens with one attached hydrogen (secondary N) is 1. The number of amides is 3. The molecule has 0 atom stereocenters. The van der Waals surface area contributed by atoms with E-state index in [1.807, 2.05) is 4.90 Å². The summed E-state index contributed by atoms with van der Waals surface area (Å²) in [5, 5.41) is 3.39. The fraction of sp³-hybridized carbons (Fsp3) is 0.500. The molecule has 0 saturated carbocycles. The zero-order chi connectivity index (χ0) is 18.2. The van der Waals surface area contributed by atoms with Gasteiger partial charge in [-0.15, -0.1) is 0 Å². The van der Waals surface area contributed by atoms with Crippen molar-refractivity contribution in [3.05, 3.63) is 34.9 Å². The first-order valence-electron chi connectivity index (χ1n) is 8.54. The average molecular weight is 366 g/mol. The van der Waals surface area contributed by atoms with Crippen LogP contribution < -0.4 is 5.32 Å². The van der Waals surface area contributed by atoms with Gasteiger partial charge >= 0.3 is 0 Å². The monoisotopic (exact) mass is 365 g/mol. The van der Waals surface area contributed by atoms with Crippen molar-refractivity contribution in [3.8, 4) is 0 Å². The highest BCUT2D eigenvalue weighted by Crippen LogP contribution is 2.09. The Balaban J connectivity index is 1.69. The Morgan fingerprint density at radius 2 is 1.68 bits per heavy atom. The van der Waals surface area contributed by atoms with E-state index in [4.69, 9.17) is 11.6 Å². The lowest BCUT2D eigenvalue weighted by Crippen LogP contribution is -2.36. The van der Waals surface area contributed by atoms with Crippen LogP contribution in [0.5, 0.6) is 0 Å². The molecule has 1 aromatic carbocycles. The Hall–Kier alpha value is -2.08. The van der Waals surface area contributed by atoms with Crippen molar-refractivity contribution >= 4 is 29.3 Å². The molecule has 1 heterocycles. The highest BCUT2D eigenvalue weighted by molar-refractivity contribution is 6.30. The van der Waals surface area contributed by atoms with E-state index < -0.39 is 0 Å². The molecule has 0 bridgehead atoms. The topological polar surface area (TPSA) is 69.7 Å². The number of carbonyl (C=O) groups is 3. The Morgan fingerprint density at radius 1 is 1.04 bits per heavy atom. The smallest absolute Gasteiger partial charge is 0.251 e. The van der Waals surface area contributed by atoms with Crippen LogP contribution in [0, 0.1) is 0 Å². The Kier molecular flexibility index (Phi) is 7.25. The van der Waals surface area contributed by atoms with Crippen LogP contribution >= 0.6 is 11.6 Å². The van der Waals surface area contributed by atoms with E-state index in [0.29, 0.717) is 56.2 Å². The van der Waals surface area contributed by atoms with Crippen molar-refractivity contribution in [1.29, 1.82) is 0 Å². The number of nitrogens with zero attached hydrogens (tertiary/aromatic N) is 2. The maximum absolute atomic E-state index is 12.3. The largest absolute Gasteiger partial charge is 0.352 e. The molecule has 1 saturated heterocycles. The molecule has 7 heteroatoms. The van der Waals surface area contributed by atoms with Crippen molar-refractivity contribution in [3.63, 3.8) is 0 Å².